The molecule has 33 heavy (non-hydrogen) atoms. The number of fused-ring (bicyclic) bond motifs is 1. The van der Waals surface area contributed by atoms with E-state index in [1.54, 1.807) is 66.7 Å². The second-order valence-electron chi connectivity index (χ2n) is 7.99. The molecule has 1 N–H and O–H groups in total. The fourth-order valence-corrected chi connectivity index (χ4v) is 7.77. The number of benzene rings is 4. The van der Waals surface area contributed by atoms with E-state index >= 15 is 4.57 Å². The lowest BCUT2D eigenvalue weighted by Crippen LogP contribution is -2.44. The summed E-state index contributed by atoms with van der Waals surface area (Å²) in [6.45, 7) is 0.236. The highest BCUT2D eigenvalue weighted by atomic mass is 35.5. The fraction of sp³-hybridized carbons (Fsp3) is 0.0741. The summed E-state index contributed by atoms with van der Waals surface area (Å²) < 4.78 is 15.1. The first kappa shape index (κ1) is 21.7. The van der Waals surface area contributed by atoms with E-state index in [9.17, 15) is 9.90 Å². The number of carbonyl (C=O) groups excluding carboxylic acids is 1. The summed E-state index contributed by atoms with van der Waals surface area (Å²) in [6.07, 6.45) is 0. The highest BCUT2D eigenvalue weighted by Crippen LogP contribution is 2.65. The minimum atomic E-state index is -3.93. The molecule has 1 atom stereocenters. The monoisotopic (exact) mass is 473 g/mol. The molecule has 0 saturated carbocycles. The van der Waals surface area contributed by atoms with Crippen molar-refractivity contribution < 1.29 is 14.5 Å². The van der Waals surface area contributed by atoms with Crippen LogP contribution < -0.4 is 15.5 Å². The molecule has 4 nitrogen and oxygen atoms in total. The van der Waals surface area contributed by atoms with Crippen molar-refractivity contribution in [2.75, 3.05) is 4.90 Å². The van der Waals surface area contributed by atoms with Crippen LogP contribution in [0.15, 0.2) is 109 Å². The maximum atomic E-state index is 15.1. The van der Waals surface area contributed by atoms with Crippen LogP contribution in [-0.2, 0) is 21.2 Å². The van der Waals surface area contributed by atoms with Gasteiger partial charge in [-0.2, -0.15) is 0 Å². The summed E-state index contributed by atoms with van der Waals surface area (Å²) in [5, 5.41) is 11.2. The molecule has 164 valence electrons. The lowest BCUT2D eigenvalue weighted by molar-refractivity contribution is -0.128. The largest absolute Gasteiger partial charge is 0.369 e. The summed E-state index contributed by atoms with van der Waals surface area (Å²) in [7, 11) is -3.93. The van der Waals surface area contributed by atoms with Gasteiger partial charge in [-0.05, 0) is 23.8 Å². The highest BCUT2D eigenvalue weighted by molar-refractivity contribution is 7.80. The van der Waals surface area contributed by atoms with Crippen LogP contribution in [-0.4, -0.2) is 11.0 Å². The van der Waals surface area contributed by atoms with Crippen molar-refractivity contribution in [3.63, 3.8) is 0 Å². The van der Waals surface area contributed by atoms with Crippen molar-refractivity contribution in [3.05, 3.63) is 125 Å². The Bertz CT molecular complexity index is 1320. The van der Waals surface area contributed by atoms with Gasteiger partial charge in [0.05, 0.1) is 12.2 Å². The maximum Gasteiger partial charge on any atom is 0.272 e. The molecule has 0 aromatic heterocycles. The van der Waals surface area contributed by atoms with Crippen LogP contribution in [0.25, 0.3) is 0 Å². The lowest BCUT2D eigenvalue weighted by atomic mass is 10.1. The van der Waals surface area contributed by atoms with Gasteiger partial charge in [-0.1, -0.05) is 103 Å². The number of hydrogen-bond acceptors (Lipinski definition) is 3. The number of nitrogens with zero attached hydrogens (tertiary/aromatic N) is 1. The van der Waals surface area contributed by atoms with Crippen molar-refractivity contribution in [2.24, 2.45) is 0 Å². The number of anilines is 1. The maximum absolute atomic E-state index is 15.1. The molecule has 6 heteroatoms. The van der Waals surface area contributed by atoms with E-state index in [-0.39, 0.29) is 12.1 Å². The lowest BCUT2D eigenvalue weighted by Gasteiger charge is -2.33. The van der Waals surface area contributed by atoms with Gasteiger partial charge in [-0.3, -0.25) is 4.79 Å². The van der Waals surface area contributed by atoms with Crippen molar-refractivity contribution in [2.45, 2.75) is 11.9 Å². The summed E-state index contributed by atoms with van der Waals surface area (Å²) in [5.74, 6) is -0.625. The first-order valence-corrected chi connectivity index (χ1v) is 12.6. The van der Waals surface area contributed by atoms with E-state index in [1.807, 2.05) is 42.5 Å². The normalized spacial score (nSPS) is 17.8. The van der Waals surface area contributed by atoms with Crippen molar-refractivity contribution >= 4 is 40.9 Å². The smallest absolute Gasteiger partial charge is 0.272 e. The Balaban J connectivity index is 1.77. The molecule has 1 heterocycles. The number of aliphatic hydroxyl groups is 1. The third-order valence-electron chi connectivity index (χ3n) is 6.05. The van der Waals surface area contributed by atoms with Crippen LogP contribution in [0.5, 0.6) is 0 Å². The van der Waals surface area contributed by atoms with Gasteiger partial charge in [0.25, 0.3) is 5.91 Å². The number of carbonyl (C=O) groups is 1. The fourth-order valence-electron chi connectivity index (χ4n) is 4.46. The van der Waals surface area contributed by atoms with E-state index in [0.29, 0.717) is 21.3 Å². The highest BCUT2D eigenvalue weighted by Gasteiger charge is 2.62. The van der Waals surface area contributed by atoms with Crippen molar-refractivity contribution in [1.29, 1.82) is 0 Å². The molecular weight excluding hydrogens is 453 g/mol. The Hall–Kier alpha value is -3.17. The molecule has 1 amide bonds. The average Bonchev–Trinajstić information content (AvgIpc) is 3.07. The van der Waals surface area contributed by atoms with Crippen LogP contribution >= 0.6 is 18.7 Å². The van der Waals surface area contributed by atoms with Gasteiger partial charge < -0.3 is 14.6 Å². The topological polar surface area (TPSA) is 57.6 Å². The Morgan fingerprint density at radius 3 is 1.85 bits per heavy atom. The van der Waals surface area contributed by atoms with Gasteiger partial charge in [-0.25, -0.2) is 0 Å². The molecule has 4 aromatic carbocycles. The predicted molar refractivity (Wildman–Crippen MR) is 133 cm³/mol. The zero-order valence-corrected chi connectivity index (χ0v) is 19.3. The SMILES string of the molecule is O=C1N(Cc2ccccc2)c2ccc(Cl)cc2C1(O)P(=O)(c1ccccc1)c1ccccc1. The Morgan fingerprint density at radius 2 is 1.30 bits per heavy atom. The van der Waals surface area contributed by atoms with Crippen molar-refractivity contribution in [1.82, 2.24) is 0 Å². The molecule has 1 unspecified atom stereocenters. The van der Waals surface area contributed by atoms with Crippen LogP contribution in [0.2, 0.25) is 5.02 Å². The minimum Gasteiger partial charge on any atom is -0.369 e. The van der Waals surface area contributed by atoms with Gasteiger partial charge >= 0.3 is 0 Å². The van der Waals surface area contributed by atoms with Gasteiger partial charge in [0.15, 0.2) is 7.14 Å². The molecule has 1 aliphatic rings. The minimum absolute atomic E-state index is 0.236. The number of halogens is 1. The Morgan fingerprint density at radius 1 is 0.788 bits per heavy atom. The molecule has 1 aliphatic heterocycles. The zero-order valence-electron chi connectivity index (χ0n) is 17.6. The van der Waals surface area contributed by atoms with Crippen molar-refractivity contribution in [3.8, 4) is 0 Å². The van der Waals surface area contributed by atoms with Gasteiger partial charge in [0.2, 0.25) is 5.34 Å². The molecule has 0 spiro atoms. The van der Waals surface area contributed by atoms with Crippen LogP contribution in [0, 0.1) is 0 Å². The number of amides is 1. The average molecular weight is 474 g/mol. The van der Waals surface area contributed by atoms with Crippen LogP contribution in [0.3, 0.4) is 0 Å². The summed E-state index contributed by atoms with van der Waals surface area (Å²) >= 11 is 6.32. The quantitative estimate of drug-likeness (QED) is 0.413. The first-order valence-electron chi connectivity index (χ1n) is 10.6. The number of hydrogen-bond donors (Lipinski definition) is 1. The standard InChI is InChI=1S/C27H21ClNO3P/c28-21-16-17-25-24(18-21)27(31,26(30)29(25)19-20-10-4-1-5-11-20)33(32,22-12-6-2-7-13-22)23-14-8-3-9-15-23/h1-18,31H,19H2. The van der Waals surface area contributed by atoms with Crippen LogP contribution in [0.4, 0.5) is 5.69 Å². The molecule has 5 rings (SSSR count). The Kier molecular flexibility index (Phi) is 5.46. The van der Waals surface area contributed by atoms with E-state index in [1.165, 1.54) is 4.90 Å². The molecule has 0 radical (unpaired) electrons. The third-order valence-corrected chi connectivity index (χ3v) is 9.68. The second-order valence-corrected chi connectivity index (χ2v) is 11.3. The molecular formula is C27H21ClNO3P. The second kappa shape index (κ2) is 8.31. The number of rotatable bonds is 5. The first-order chi connectivity index (χ1) is 16.0. The van der Waals surface area contributed by atoms with E-state index in [2.05, 4.69) is 0 Å². The Labute approximate surface area is 197 Å². The molecule has 0 saturated heterocycles. The third kappa shape index (κ3) is 3.34. The van der Waals surface area contributed by atoms with E-state index < -0.39 is 18.4 Å². The van der Waals surface area contributed by atoms with Crippen LogP contribution in [0.1, 0.15) is 11.1 Å². The molecule has 0 aliphatic carbocycles. The summed E-state index contributed by atoms with van der Waals surface area (Å²) in [6, 6.07) is 31.9. The molecule has 4 aromatic rings. The van der Waals surface area contributed by atoms with E-state index in [4.69, 9.17) is 11.6 Å². The predicted octanol–water partition coefficient (Wildman–Crippen LogP) is 5.05. The zero-order chi connectivity index (χ0) is 23.1. The van der Waals surface area contributed by atoms with Gasteiger partial charge in [0.1, 0.15) is 0 Å². The van der Waals surface area contributed by atoms with Gasteiger partial charge in [0, 0.05) is 21.2 Å². The van der Waals surface area contributed by atoms with Gasteiger partial charge in [-0.15, -0.1) is 0 Å². The molecule has 0 fully saturated rings. The molecule has 0 bridgehead atoms. The summed E-state index contributed by atoms with van der Waals surface area (Å²) in [5.41, 5.74) is 1.65. The van der Waals surface area contributed by atoms with E-state index in [0.717, 1.165) is 5.56 Å². The summed E-state index contributed by atoms with van der Waals surface area (Å²) in [4.78, 5) is 15.6.